The zero-order valence-electron chi connectivity index (χ0n) is 12.7. The molecule has 1 aromatic rings. The lowest BCUT2D eigenvalue weighted by Crippen LogP contribution is -2.31. The average Bonchev–Trinajstić information content (AvgIpc) is 2.65. The van der Waals surface area contributed by atoms with Crippen molar-refractivity contribution < 1.29 is 4.79 Å². The summed E-state index contributed by atoms with van der Waals surface area (Å²) in [5, 5.41) is 6.35. The van der Waals surface area contributed by atoms with E-state index in [4.69, 9.17) is 0 Å². The topological polar surface area (TPSA) is 41.1 Å². The van der Waals surface area contributed by atoms with Gasteiger partial charge < -0.3 is 10.6 Å². The van der Waals surface area contributed by atoms with E-state index in [-0.39, 0.29) is 5.91 Å². The molecule has 1 rings (SSSR count). The maximum Gasteiger partial charge on any atom is 0.221 e. The molecule has 1 unspecified atom stereocenters. The van der Waals surface area contributed by atoms with Gasteiger partial charge in [0, 0.05) is 35.3 Å². The number of carbonyl (C=O) groups excluding carboxylic acids is 1. The first-order valence-corrected chi connectivity index (χ1v) is 7.78. The molecule has 1 aromatic heterocycles. The molecule has 4 heteroatoms. The van der Waals surface area contributed by atoms with Crippen molar-refractivity contribution in [2.45, 2.75) is 47.1 Å². The Morgan fingerprint density at radius 2 is 2.00 bits per heavy atom. The summed E-state index contributed by atoms with van der Waals surface area (Å²) in [5.41, 5.74) is 1.35. The second-order valence-electron chi connectivity index (χ2n) is 5.49. The number of thiophene rings is 1. The Morgan fingerprint density at radius 3 is 2.53 bits per heavy atom. The minimum atomic E-state index is 0.131. The van der Waals surface area contributed by atoms with E-state index in [1.54, 1.807) is 0 Å². The van der Waals surface area contributed by atoms with Gasteiger partial charge in [0.25, 0.3) is 0 Å². The summed E-state index contributed by atoms with van der Waals surface area (Å²) < 4.78 is 0. The van der Waals surface area contributed by atoms with Crippen molar-refractivity contribution in [3.63, 3.8) is 0 Å². The van der Waals surface area contributed by atoms with Crippen molar-refractivity contribution in [1.82, 2.24) is 10.6 Å². The van der Waals surface area contributed by atoms with E-state index in [9.17, 15) is 4.79 Å². The molecule has 0 aliphatic carbocycles. The van der Waals surface area contributed by atoms with Gasteiger partial charge in [-0.15, -0.1) is 11.3 Å². The summed E-state index contributed by atoms with van der Waals surface area (Å²) in [4.78, 5) is 14.3. The standard InChI is InChI=1S/C15H26N2OS/c1-10(2)9-17-15(18)6-7-16-12(4)14-8-11(3)19-13(14)5/h8,10,12,16H,6-7,9H2,1-5H3,(H,17,18). The van der Waals surface area contributed by atoms with Gasteiger partial charge >= 0.3 is 0 Å². The van der Waals surface area contributed by atoms with E-state index in [2.05, 4.69) is 51.3 Å². The van der Waals surface area contributed by atoms with Crippen LogP contribution in [0.4, 0.5) is 0 Å². The minimum Gasteiger partial charge on any atom is -0.356 e. The summed E-state index contributed by atoms with van der Waals surface area (Å²) in [7, 11) is 0. The van der Waals surface area contributed by atoms with Crippen LogP contribution in [0.1, 0.15) is 48.6 Å². The van der Waals surface area contributed by atoms with Crippen LogP contribution in [-0.2, 0) is 4.79 Å². The third-order valence-electron chi connectivity index (χ3n) is 3.06. The van der Waals surface area contributed by atoms with Gasteiger partial charge in [-0.3, -0.25) is 4.79 Å². The predicted molar refractivity (Wildman–Crippen MR) is 82.7 cm³/mol. The molecule has 0 aliphatic rings. The molecule has 0 spiro atoms. The lowest BCUT2D eigenvalue weighted by molar-refractivity contribution is -0.121. The molecule has 0 saturated carbocycles. The molecule has 0 aromatic carbocycles. The first-order valence-electron chi connectivity index (χ1n) is 6.97. The van der Waals surface area contributed by atoms with Crippen molar-refractivity contribution >= 4 is 17.2 Å². The summed E-state index contributed by atoms with van der Waals surface area (Å²) in [6.07, 6.45) is 0.541. The fraction of sp³-hybridized carbons (Fsp3) is 0.667. The van der Waals surface area contributed by atoms with E-state index >= 15 is 0 Å². The van der Waals surface area contributed by atoms with Gasteiger partial charge in [-0.1, -0.05) is 13.8 Å². The maximum atomic E-state index is 11.6. The summed E-state index contributed by atoms with van der Waals surface area (Å²) in [6.45, 7) is 12.1. The number of aryl methyl sites for hydroxylation is 2. The quantitative estimate of drug-likeness (QED) is 0.806. The van der Waals surface area contributed by atoms with Crippen molar-refractivity contribution in [3.8, 4) is 0 Å². The first-order chi connectivity index (χ1) is 8.90. The second-order valence-corrected chi connectivity index (χ2v) is 6.95. The molecule has 0 saturated heterocycles. The predicted octanol–water partition coefficient (Wildman–Crippen LogP) is 3.18. The van der Waals surface area contributed by atoms with E-state index < -0.39 is 0 Å². The van der Waals surface area contributed by atoms with Gasteiger partial charge in [-0.05, 0) is 38.3 Å². The molecular formula is C15H26N2OS. The van der Waals surface area contributed by atoms with Crippen LogP contribution >= 0.6 is 11.3 Å². The minimum absolute atomic E-state index is 0.131. The van der Waals surface area contributed by atoms with E-state index in [1.807, 2.05) is 11.3 Å². The first kappa shape index (κ1) is 16.2. The van der Waals surface area contributed by atoms with Crippen LogP contribution in [0.15, 0.2) is 6.07 Å². The van der Waals surface area contributed by atoms with Crippen molar-refractivity contribution in [2.75, 3.05) is 13.1 Å². The van der Waals surface area contributed by atoms with Crippen LogP contribution in [0.5, 0.6) is 0 Å². The van der Waals surface area contributed by atoms with Gasteiger partial charge in [-0.25, -0.2) is 0 Å². The highest BCUT2D eigenvalue weighted by molar-refractivity contribution is 7.12. The average molecular weight is 282 g/mol. The lowest BCUT2D eigenvalue weighted by Gasteiger charge is -2.14. The second kappa shape index (κ2) is 7.65. The molecule has 19 heavy (non-hydrogen) atoms. The van der Waals surface area contributed by atoms with Gasteiger partial charge in [0.1, 0.15) is 0 Å². The Morgan fingerprint density at radius 1 is 1.32 bits per heavy atom. The van der Waals surface area contributed by atoms with Crippen LogP contribution in [-0.4, -0.2) is 19.0 Å². The van der Waals surface area contributed by atoms with Crippen molar-refractivity contribution in [3.05, 3.63) is 21.4 Å². The fourth-order valence-corrected chi connectivity index (χ4v) is 3.02. The van der Waals surface area contributed by atoms with E-state index in [0.29, 0.717) is 18.4 Å². The molecule has 2 N–H and O–H groups in total. The molecular weight excluding hydrogens is 256 g/mol. The van der Waals surface area contributed by atoms with Crippen LogP contribution in [0.2, 0.25) is 0 Å². The Balaban J connectivity index is 2.29. The van der Waals surface area contributed by atoms with Crippen LogP contribution in [0.3, 0.4) is 0 Å². The number of rotatable bonds is 7. The fourth-order valence-electron chi connectivity index (χ4n) is 2.00. The number of amides is 1. The number of carbonyl (C=O) groups is 1. The highest BCUT2D eigenvalue weighted by Gasteiger charge is 2.11. The van der Waals surface area contributed by atoms with Crippen molar-refractivity contribution in [2.24, 2.45) is 5.92 Å². The third kappa shape index (κ3) is 5.74. The molecule has 0 aliphatic heterocycles. The molecule has 0 bridgehead atoms. The molecule has 108 valence electrons. The molecule has 1 heterocycles. The van der Waals surface area contributed by atoms with Gasteiger partial charge in [0.2, 0.25) is 5.91 Å². The summed E-state index contributed by atoms with van der Waals surface area (Å²) >= 11 is 1.83. The van der Waals surface area contributed by atoms with Gasteiger partial charge in [0.15, 0.2) is 0 Å². The maximum absolute atomic E-state index is 11.6. The Bertz CT molecular complexity index is 412. The number of hydrogen-bond acceptors (Lipinski definition) is 3. The molecule has 3 nitrogen and oxygen atoms in total. The normalized spacial score (nSPS) is 12.7. The Labute approximate surface area is 120 Å². The number of hydrogen-bond donors (Lipinski definition) is 2. The van der Waals surface area contributed by atoms with Crippen LogP contribution in [0.25, 0.3) is 0 Å². The largest absolute Gasteiger partial charge is 0.356 e. The van der Waals surface area contributed by atoms with Gasteiger partial charge in [-0.2, -0.15) is 0 Å². The smallest absolute Gasteiger partial charge is 0.221 e. The van der Waals surface area contributed by atoms with Crippen molar-refractivity contribution in [1.29, 1.82) is 0 Å². The van der Waals surface area contributed by atoms with Gasteiger partial charge in [0.05, 0.1) is 0 Å². The number of nitrogens with one attached hydrogen (secondary N) is 2. The molecule has 0 radical (unpaired) electrons. The van der Waals surface area contributed by atoms with Crippen LogP contribution < -0.4 is 10.6 Å². The van der Waals surface area contributed by atoms with E-state index in [0.717, 1.165) is 13.1 Å². The highest BCUT2D eigenvalue weighted by Crippen LogP contribution is 2.25. The van der Waals surface area contributed by atoms with E-state index in [1.165, 1.54) is 15.3 Å². The highest BCUT2D eigenvalue weighted by atomic mass is 32.1. The SMILES string of the molecule is Cc1cc(C(C)NCCC(=O)NCC(C)C)c(C)s1. The Hall–Kier alpha value is -0.870. The Kier molecular flexibility index (Phi) is 6.52. The monoisotopic (exact) mass is 282 g/mol. The lowest BCUT2D eigenvalue weighted by atomic mass is 10.1. The molecule has 1 atom stereocenters. The zero-order valence-corrected chi connectivity index (χ0v) is 13.5. The summed E-state index contributed by atoms with van der Waals surface area (Å²) in [5.74, 6) is 0.638. The van der Waals surface area contributed by atoms with Crippen LogP contribution in [0, 0.1) is 19.8 Å². The zero-order chi connectivity index (χ0) is 14.4. The molecule has 0 fully saturated rings. The summed E-state index contributed by atoms with van der Waals surface area (Å²) in [6, 6.07) is 2.54. The third-order valence-corrected chi connectivity index (χ3v) is 4.04. The molecule has 1 amide bonds.